The minimum absolute atomic E-state index is 0.0678. The summed E-state index contributed by atoms with van der Waals surface area (Å²) in [7, 11) is 3.13. The van der Waals surface area contributed by atoms with Crippen LogP contribution in [0.1, 0.15) is 48.7 Å². The predicted octanol–water partition coefficient (Wildman–Crippen LogP) is 3.76. The molecule has 1 N–H and O–H groups in total. The van der Waals surface area contributed by atoms with E-state index in [4.69, 9.17) is 9.47 Å². The lowest BCUT2D eigenvalue weighted by Gasteiger charge is -2.33. The Morgan fingerprint density at radius 1 is 1.00 bits per heavy atom. The van der Waals surface area contributed by atoms with E-state index in [0.717, 1.165) is 13.1 Å². The number of ether oxygens (including phenoxy) is 2. The fourth-order valence-electron chi connectivity index (χ4n) is 4.60. The number of piperidine rings is 1. The lowest BCUT2D eigenvalue weighted by atomic mass is 9.95. The average Bonchev–Trinajstić information content (AvgIpc) is 2.90. The number of rotatable bonds is 10. The Morgan fingerprint density at radius 3 is 2.12 bits per heavy atom. The summed E-state index contributed by atoms with van der Waals surface area (Å²) in [4.78, 5) is 30.2. The summed E-state index contributed by atoms with van der Waals surface area (Å²) in [5.41, 5.74) is 1.74. The van der Waals surface area contributed by atoms with E-state index in [0.29, 0.717) is 49.5 Å². The Labute approximate surface area is 203 Å². The molecule has 0 saturated carbocycles. The molecule has 1 unspecified atom stereocenters. The van der Waals surface area contributed by atoms with Gasteiger partial charge >= 0.3 is 0 Å². The van der Waals surface area contributed by atoms with Crippen LogP contribution in [0.2, 0.25) is 0 Å². The van der Waals surface area contributed by atoms with Crippen molar-refractivity contribution < 1.29 is 19.1 Å². The molecule has 34 heavy (non-hydrogen) atoms. The second kappa shape index (κ2) is 12.4. The number of carbonyl (C=O) groups excluding carboxylic acids is 2. The zero-order valence-corrected chi connectivity index (χ0v) is 20.8. The summed E-state index contributed by atoms with van der Waals surface area (Å²) < 4.78 is 10.6. The first kappa shape index (κ1) is 25.6. The third kappa shape index (κ3) is 6.29. The minimum Gasteiger partial charge on any atom is -0.497 e. The van der Waals surface area contributed by atoms with Gasteiger partial charge in [-0.05, 0) is 43.6 Å². The highest BCUT2D eigenvalue weighted by Crippen LogP contribution is 2.26. The van der Waals surface area contributed by atoms with Crippen molar-refractivity contribution in [3.05, 3.63) is 59.7 Å². The molecule has 1 atom stereocenters. The van der Waals surface area contributed by atoms with Gasteiger partial charge in [-0.25, -0.2) is 0 Å². The Hall–Kier alpha value is -3.06. The molecule has 2 amide bonds. The van der Waals surface area contributed by atoms with E-state index in [-0.39, 0.29) is 23.8 Å². The minimum atomic E-state index is -0.0861. The molecule has 184 valence electrons. The van der Waals surface area contributed by atoms with Crippen LogP contribution < -0.4 is 14.8 Å². The molecule has 2 aromatic carbocycles. The SMILES string of the molecule is CCN(CC)C(CNC(=O)C1CCN(C(=O)c2cc(OC)cc(OC)c2)CC1)c1ccccc1. The molecule has 1 heterocycles. The molecule has 2 aromatic rings. The number of carbonyl (C=O) groups is 2. The van der Waals surface area contributed by atoms with Crippen LogP contribution in [0, 0.1) is 5.92 Å². The van der Waals surface area contributed by atoms with E-state index < -0.39 is 0 Å². The van der Waals surface area contributed by atoms with Crippen LogP contribution in [-0.4, -0.2) is 68.6 Å². The molecular formula is C27H37N3O4. The first-order valence-electron chi connectivity index (χ1n) is 12.1. The standard InChI is InChI=1S/C27H37N3O4/c1-5-29(6-2)25(20-10-8-7-9-11-20)19-28-26(31)21-12-14-30(15-13-21)27(32)22-16-23(33-3)18-24(17-22)34-4/h7-11,16-18,21,25H,5-6,12-15,19H2,1-4H3,(H,28,31). The van der Waals surface area contributed by atoms with Crippen LogP contribution in [0.25, 0.3) is 0 Å². The smallest absolute Gasteiger partial charge is 0.254 e. The Bertz CT molecular complexity index is 916. The van der Waals surface area contributed by atoms with E-state index >= 15 is 0 Å². The molecule has 7 nitrogen and oxygen atoms in total. The van der Waals surface area contributed by atoms with Gasteiger partial charge in [-0.15, -0.1) is 0 Å². The highest BCUT2D eigenvalue weighted by molar-refractivity contribution is 5.95. The number of likely N-dealkylation sites (N-methyl/N-ethyl adjacent to an activating group) is 1. The van der Waals surface area contributed by atoms with Gasteiger partial charge in [0.15, 0.2) is 0 Å². The molecule has 0 spiro atoms. The molecule has 7 heteroatoms. The van der Waals surface area contributed by atoms with Crippen LogP contribution in [0.15, 0.2) is 48.5 Å². The van der Waals surface area contributed by atoms with Crippen LogP contribution in [-0.2, 0) is 4.79 Å². The number of hydrogen-bond acceptors (Lipinski definition) is 5. The number of benzene rings is 2. The normalized spacial score (nSPS) is 15.1. The number of hydrogen-bond donors (Lipinski definition) is 1. The number of likely N-dealkylation sites (tertiary alicyclic amines) is 1. The van der Waals surface area contributed by atoms with Crippen molar-refractivity contribution in [2.24, 2.45) is 5.92 Å². The van der Waals surface area contributed by atoms with Gasteiger partial charge in [-0.2, -0.15) is 0 Å². The quantitative estimate of drug-likeness (QED) is 0.576. The van der Waals surface area contributed by atoms with Crippen molar-refractivity contribution in [1.82, 2.24) is 15.1 Å². The van der Waals surface area contributed by atoms with Crippen LogP contribution in [0.5, 0.6) is 11.5 Å². The number of nitrogens with zero attached hydrogens (tertiary/aromatic N) is 2. The van der Waals surface area contributed by atoms with Crippen molar-refractivity contribution in [3.63, 3.8) is 0 Å². The first-order chi connectivity index (χ1) is 16.5. The average molecular weight is 468 g/mol. The summed E-state index contributed by atoms with van der Waals surface area (Å²) in [6.45, 7) is 7.80. The lowest BCUT2D eigenvalue weighted by Crippen LogP contribution is -2.45. The number of nitrogens with one attached hydrogen (secondary N) is 1. The lowest BCUT2D eigenvalue weighted by molar-refractivity contribution is -0.126. The Balaban J connectivity index is 1.57. The molecule has 0 radical (unpaired) electrons. The van der Waals surface area contributed by atoms with Crippen molar-refractivity contribution >= 4 is 11.8 Å². The molecule has 3 rings (SSSR count). The van der Waals surface area contributed by atoms with E-state index in [1.54, 1.807) is 37.3 Å². The Morgan fingerprint density at radius 2 is 1.59 bits per heavy atom. The summed E-state index contributed by atoms with van der Waals surface area (Å²) in [6.07, 6.45) is 1.31. The Kier molecular flexibility index (Phi) is 9.33. The van der Waals surface area contributed by atoms with Crippen LogP contribution in [0.3, 0.4) is 0 Å². The van der Waals surface area contributed by atoms with E-state index in [2.05, 4.69) is 36.2 Å². The van der Waals surface area contributed by atoms with E-state index in [1.165, 1.54) is 5.56 Å². The molecule has 0 bridgehead atoms. The summed E-state index contributed by atoms with van der Waals surface area (Å²) in [6, 6.07) is 15.7. The van der Waals surface area contributed by atoms with E-state index in [9.17, 15) is 9.59 Å². The van der Waals surface area contributed by atoms with Gasteiger partial charge < -0.3 is 19.7 Å². The van der Waals surface area contributed by atoms with Gasteiger partial charge in [-0.1, -0.05) is 44.2 Å². The predicted molar refractivity (Wildman–Crippen MR) is 133 cm³/mol. The topological polar surface area (TPSA) is 71.1 Å². The zero-order chi connectivity index (χ0) is 24.5. The van der Waals surface area contributed by atoms with Crippen molar-refractivity contribution in [3.8, 4) is 11.5 Å². The number of amides is 2. The van der Waals surface area contributed by atoms with Crippen molar-refractivity contribution in [2.75, 3.05) is 46.9 Å². The maximum Gasteiger partial charge on any atom is 0.254 e. The zero-order valence-electron chi connectivity index (χ0n) is 20.8. The highest BCUT2D eigenvalue weighted by Gasteiger charge is 2.29. The molecular weight excluding hydrogens is 430 g/mol. The summed E-state index contributed by atoms with van der Waals surface area (Å²) in [5.74, 6) is 1.08. The molecule has 0 aromatic heterocycles. The molecule has 1 fully saturated rings. The van der Waals surface area contributed by atoms with Crippen LogP contribution >= 0.6 is 0 Å². The van der Waals surface area contributed by atoms with Gasteiger partial charge in [-0.3, -0.25) is 14.5 Å². The van der Waals surface area contributed by atoms with Gasteiger partial charge in [0.2, 0.25) is 5.91 Å². The highest BCUT2D eigenvalue weighted by atomic mass is 16.5. The molecule has 1 saturated heterocycles. The maximum atomic E-state index is 13.0. The monoisotopic (exact) mass is 467 g/mol. The van der Waals surface area contributed by atoms with Gasteiger partial charge in [0.1, 0.15) is 11.5 Å². The van der Waals surface area contributed by atoms with Gasteiger partial charge in [0, 0.05) is 37.2 Å². The molecule has 1 aliphatic heterocycles. The second-order valence-electron chi connectivity index (χ2n) is 8.56. The fourth-order valence-corrected chi connectivity index (χ4v) is 4.60. The largest absolute Gasteiger partial charge is 0.497 e. The summed E-state index contributed by atoms with van der Waals surface area (Å²) >= 11 is 0. The van der Waals surface area contributed by atoms with Crippen molar-refractivity contribution in [1.29, 1.82) is 0 Å². The fraction of sp³-hybridized carbons (Fsp3) is 0.481. The maximum absolute atomic E-state index is 13.0. The van der Waals surface area contributed by atoms with Gasteiger partial charge in [0.25, 0.3) is 5.91 Å². The third-order valence-electron chi connectivity index (χ3n) is 6.66. The van der Waals surface area contributed by atoms with E-state index in [1.807, 2.05) is 18.2 Å². The third-order valence-corrected chi connectivity index (χ3v) is 6.66. The van der Waals surface area contributed by atoms with Gasteiger partial charge in [0.05, 0.1) is 20.3 Å². The molecule has 0 aliphatic carbocycles. The van der Waals surface area contributed by atoms with Crippen molar-refractivity contribution in [2.45, 2.75) is 32.7 Å². The number of methoxy groups -OCH3 is 2. The molecule has 1 aliphatic rings. The van der Waals surface area contributed by atoms with Crippen LogP contribution in [0.4, 0.5) is 0 Å². The first-order valence-corrected chi connectivity index (χ1v) is 12.1. The summed E-state index contributed by atoms with van der Waals surface area (Å²) in [5, 5.41) is 3.19. The second-order valence-corrected chi connectivity index (χ2v) is 8.56.